The van der Waals surface area contributed by atoms with Crippen molar-refractivity contribution in [1.82, 2.24) is 14.5 Å². The molecule has 0 saturated carbocycles. The largest absolute Gasteiger partial charge is 0.392 e. The van der Waals surface area contributed by atoms with Crippen molar-refractivity contribution < 1.29 is 13.5 Å². The first-order chi connectivity index (χ1) is 9.40. The van der Waals surface area contributed by atoms with Crippen molar-refractivity contribution in [2.45, 2.75) is 52.5 Å². The van der Waals surface area contributed by atoms with Crippen LogP contribution in [-0.4, -0.2) is 36.0 Å². The third-order valence-corrected chi connectivity index (χ3v) is 5.51. The summed E-state index contributed by atoms with van der Waals surface area (Å²) in [5, 5.41) is 14.3. The van der Waals surface area contributed by atoms with Crippen LogP contribution in [0.25, 0.3) is 0 Å². The van der Waals surface area contributed by atoms with Crippen LogP contribution in [0.3, 0.4) is 0 Å². The number of aliphatic hydroxyl groups excluding tert-OH is 1. The van der Waals surface area contributed by atoms with Gasteiger partial charge in [-0.2, -0.15) is 5.10 Å². The van der Waals surface area contributed by atoms with Crippen LogP contribution in [0.2, 0.25) is 0 Å². The number of aliphatic hydroxyl groups is 1. The molecule has 122 valence electrons. The summed E-state index contributed by atoms with van der Waals surface area (Å²) in [6.07, 6.45) is -0.587. The molecule has 6 nitrogen and oxygen atoms in total. The maximum Gasteiger partial charge on any atom is 0.244 e. The van der Waals surface area contributed by atoms with Crippen LogP contribution in [0.4, 0.5) is 0 Å². The molecule has 0 spiro atoms. The number of nitrogens with zero attached hydrogens (tertiary/aromatic N) is 2. The van der Waals surface area contributed by atoms with Gasteiger partial charge in [-0.1, -0.05) is 27.7 Å². The number of nitrogens with one attached hydrogen (secondary N) is 1. The Labute approximate surface area is 127 Å². The average molecular weight is 317 g/mol. The lowest BCUT2D eigenvalue weighted by Gasteiger charge is -2.33. The molecular formula is C14H27N3O3S. The minimum Gasteiger partial charge on any atom is -0.392 e. The lowest BCUT2D eigenvalue weighted by molar-refractivity contribution is 0.0166. The SMILES string of the molecule is Cc1nn(C)c(C)c1S(=O)(=O)NCC(C)(C)C(O)C(C)C. The van der Waals surface area contributed by atoms with E-state index >= 15 is 0 Å². The van der Waals surface area contributed by atoms with E-state index in [-0.39, 0.29) is 17.4 Å². The topological polar surface area (TPSA) is 84.2 Å². The quantitative estimate of drug-likeness (QED) is 0.829. The lowest BCUT2D eigenvalue weighted by Crippen LogP contribution is -2.43. The van der Waals surface area contributed by atoms with E-state index in [0.29, 0.717) is 11.4 Å². The average Bonchev–Trinajstić information content (AvgIpc) is 2.60. The minimum atomic E-state index is -3.64. The first kappa shape index (κ1) is 18.1. The maximum atomic E-state index is 12.5. The summed E-state index contributed by atoms with van der Waals surface area (Å²) in [5.41, 5.74) is 0.526. The molecule has 0 fully saturated rings. The standard InChI is InChI=1S/C14H27N3O3S/c1-9(2)13(18)14(5,6)8-15-21(19,20)12-10(3)16-17(7)11(12)4/h9,13,15,18H,8H2,1-7H3. The molecule has 0 aliphatic heterocycles. The summed E-state index contributed by atoms with van der Waals surface area (Å²) in [5.74, 6) is 0.0615. The third-order valence-electron chi connectivity index (χ3n) is 3.86. The Bertz CT molecular complexity index is 603. The number of sulfonamides is 1. The summed E-state index contributed by atoms with van der Waals surface area (Å²) in [4.78, 5) is 0.222. The predicted octanol–water partition coefficient (Wildman–Crippen LogP) is 1.36. The van der Waals surface area contributed by atoms with E-state index in [2.05, 4.69) is 9.82 Å². The molecule has 7 heteroatoms. The van der Waals surface area contributed by atoms with Gasteiger partial charge in [0.1, 0.15) is 4.90 Å². The van der Waals surface area contributed by atoms with Gasteiger partial charge >= 0.3 is 0 Å². The fraction of sp³-hybridized carbons (Fsp3) is 0.786. The second-order valence-electron chi connectivity index (χ2n) is 6.63. The molecular weight excluding hydrogens is 290 g/mol. The van der Waals surface area contributed by atoms with Gasteiger partial charge in [0.15, 0.2) is 0 Å². The van der Waals surface area contributed by atoms with Gasteiger partial charge in [-0.05, 0) is 19.8 Å². The molecule has 0 bridgehead atoms. The molecule has 1 unspecified atom stereocenters. The zero-order valence-electron chi connectivity index (χ0n) is 13.9. The fourth-order valence-electron chi connectivity index (χ4n) is 2.50. The molecule has 0 radical (unpaired) electrons. The fourth-order valence-corrected chi connectivity index (χ4v) is 4.16. The van der Waals surface area contributed by atoms with Crippen LogP contribution in [0.15, 0.2) is 4.90 Å². The summed E-state index contributed by atoms with van der Waals surface area (Å²) < 4.78 is 29.1. The van der Waals surface area contributed by atoms with Gasteiger partial charge in [0.05, 0.1) is 17.5 Å². The molecule has 1 aromatic heterocycles. The molecule has 0 aliphatic carbocycles. The van der Waals surface area contributed by atoms with E-state index in [4.69, 9.17) is 0 Å². The number of hydrogen-bond donors (Lipinski definition) is 2. The number of aryl methyl sites for hydroxylation is 2. The zero-order valence-corrected chi connectivity index (χ0v) is 14.7. The Hall–Kier alpha value is -0.920. The summed E-state index contributed by atoms with van der Waals surface area (Å²) >= 11 is 0. The molecule has 1 atom stereocenters. The highest BCUT2D eigenvalue weighted by Gasteiger charge is 2.33. The van der Waals surface area contributed by atoms with Gasteiger partial charge in [0, 0.05) is 19.0 Å². The van der Waals surface area contributed by atoms with Crippen LogP contribution in [0, 0.1) is 25.2 Å². The zero-order chi connectivity index (χ0) is 16.6. The summed E-state index contributed by atoms with van der Waals surface area (Å²) in [6.45, 7) is 11.1. The minimum absolute atomic E-state index is 0.0615. The van der Waals surface area contributed by atoms with Gasteiger partial charge in [-0.15, -0.1) is 0 Å². The Kier molecular flexibility index (Phi) is 5.23. The van der Waals surface area contributed by atoms with Crippen molar-refractivity contribution in [3.63, 3.8) is 0 Å². The van der Waals surface area contributed by atoms with E-state index in [1.807, 2.05) is 27.7 Å². The molecule has 0 saturated heterocycles. The van der Waals surface area contributed by atoms with E-state index in [1.54, 1.807) is 25.6 Å². The van der Waals surface area contributed by atoms with Gasteiger partial charge < -0.3 is 5.11 Å². The Morgan fingerprint density at radius 1 is 1.33 bits per heavy atom. The predicted molar refractivity (Wildman–Crippen MR) is 82.5 cm³/mol. The second-order valence-corrected chi connectivity index (χ2v) is 8.33. The Morgan fingerprint density at radius 3 is 2.24 bits per heavy atom. The van der Waals surface area contributed by atoms with Gasteiger partial charge in [0.2, 0.25) is 10.0 Å². The maximum absolute atomic E-state index is 12.5. The third kappa shape index (κ3) is 3.84. The van der Waals surface area contributed by atoms with Crippen molar-refractivity contribution >= 4 is 10.0 Å². The molecule has 2 N–H and O–H groups in total. The highest BCUT2D eigenvalue weighted by Crippen LogP contribution is 2.26. The molecule has 21 heavy (non-hydrogen) atoms. The Balaban J connectivity index is 2.97. The summed E-state index contributed by atoms with van der Waals surface area (Å²) in [7, 11) is -1.92. The van der Waals surface area contributed by atoms with Crippen molar-refractivity contribution in [3.05, 3.63) is 11.4 Å². The highest BCUT2D eigenvalue weighted by molar-refractivity contribution is 7.89. The van der Waals surface area contributed by atoms with Crippen LogP contribution < -0.4 is 4.72 Å². The molecule has 0 amide bonds. The van der Waals surface area contributed by atoms with Crippen molar-refractivity contribution in [2.24, 2.45) is 18.4 Å². The monoisotopic (exact) mass is 317 g/mol. The number of rotatable bonds is 6. The molecule has 0 aromatic carbocycles. The van der Waals surface area contributed by atoms with E-state index < -0.39 is 21.5 Å². The summed E-state index contributed by atoms with van der Waals surface area (Å²) in [6, 6.07) is 0. The highest BCUT2D eigenvalue weighted by atomic mass is 32.2. The van der Waals surface area contributed by atoms with E-state index in [0.717, 1.165) is 0 Å². The molecule has 1 heterocycles. The first-order valence-electron chi connectivity index (χ1n) is 7.08. The number of hydrogen-bond acceptors (Lipinski definition) is 4. The normalized spacial score (nSPS) is 14.7. The number of aromatic nitrogens is 2. The molecule has 1 aromatic rings. The smallest absolute Gasteiger partial charge is 0.244 e. The van der Waals surface area contributed by atoms with Crippen LogP contribution >= 0.6 is 0 Å². The van der Waals surface area contributed by atoms with Crippen LogP contribution in [0.5, 0.6) is 0 Å². The van der Waals surface area contributed by atoms with Crippen LogP contribution in [0.1, 0.15) is 39.1 Å². The van der Waals surface area contributed by atoms with E-state index in [1.165, 1.54) is 0 Å². The first-order valence-corrected chi connectivity index (χ1v) is 8.56. The van der Waals surface area contributed by atoms with Gasteiger partial charge in [-0.3, -0.25) is 4.68 Å². The Morgan fingerprint density at radius 2 is 1.86 bits per heavy atom. The van der Waals surface area contributed by atoms with Crippen LogP contribution in [-0.2, 0) is 17.1 Å². The van der Waals surface area contributed by atoms with Gasteiger partial charge in [-0.25, -0.2) is 13.1 Å². The molecule has 0 aliphatic rings. The second kappa shape index (κ2) is 6.06. The van der Waals surface area contributed by atoms with Crippen molar-refractivity contribution in [1.29, 1.82) is 0 Å². The lowest BCUT2D eigenvalue weighted by atomic mass is 9.81. The van der Waals surface area contributed by atoms with Crippen molar-refractivity contribution in [3.8, 4) is 0 Å². The van der Waals surface area contributed by atoms with Gasteiger partial charge in [0.25, 0.3) is 0 Å². The van der Waals surface area contributed by atoms with Crippen molar-refractivity contribution in [2.75, 3.05) is 6.54 Å². The molecule has 1 rings (SSSR count). The van der Waals surface area contributed by atoms with E-state index in [9.17, 15) is 13.5 Å².